The third-order valence-electron chi connectivity index (χ3n) is 0.524. The van der Waals surface area contributed by atoms with Crippen LogP contribution in [-0.4, -0.2) is 24.5 Å². The third kappa shape index (κ3) is 5.62. The molecule has 0 aromatic carbocycles. The second kappa shape index (κ2) is 4.77. The van der Waals surface area contributed by atoms with E-state index in [0.717, 1.165) is 0 Å². The van der Waals surface area contributed by atoms with Gasteiger partial charge in [0.2, 0.25) is 0 Å². The quantitative estimate of drug-likeness (QED) is 0.295. The molecule has 0 aromatic heterocycles. The van der Waals surface area contributed by atoms with E-state index in [0.29, 0.717) is 6.61 Å². The lowest BCUT2D eigenvalue weighted by atomic mass is 10.6. The smallest absolute Gasteiger partial charge is 0.126 e. The summed E-state index contributed by atoms with van der Waals surface area (Å²) in [6.07, 6.45) is 0.734. The van der Waals surface area contributed by atoms with E-state index >= 15 is 0 Å². The van der Waals surface area contributed by atoms with Crippen molar-refractivity contribution in [2.45, 2.75) is 6.23 Å². The van der Waals surface area contributed by atoms with E-state index in [4.69, 9.17) is 15.6 Å². The van der Waals surface area contributed by atoms with Crippen LogP contribution in [0.1, 0.15) is 0 Å². The van der Waals surface area contributed by atoms with Crippen LogP contribution in [0.15, 0.2) is 12.7 Å². The predicted octanol–water partition coefficient (Wildman–Crippen LogP) is -0.534. The van der Waals surface area contributed by atoms with Crippen molar-refractivity contribution in [2.24, 2.45) is 5.73 Å². The minimum absolute atomic E-state index is 0.173. The first-order valence-electron chi connectivity index (χ1n) is 2.39. The topological polar surface area (TPSA) is 55.5 Å². The maximum Gasteiger partial charge on any atom is 0.126 e. The van der Waals surface area contributed by atoms with Gasteiger partial charge in [0.05, 0.1) is 13.2 Å². The molecule has 1 atom stereocenters. The summed E-state index contributed by atoms with van der Waals surface area (Å²) in [5, 5.41) is 8.40. The van der Waals surface area contributed by atoms with E-state index in [2.05, 4.69) is 6.58 Å². The van der Waals surface area contributed by atoms with E-state index in [1.165, 1.54) is 0 Å². The van der Waals surface area contributed by atoms with Gasteiger partial charge in [-0.1, -0.05) is 6.08 Å². The Hall–Kier alpha value is -0.380. The molecule has 0 aliphatic heterocycles. The highest BCUT2D eigenvalue weighted by molar-refractivity contribution is 4.63. The van der Waals surface area contributed by atoms with Crippen LogP contribution in [0, 0.1) is 0 Å². The molecule has 3 heteroatoms. The van der Waals surface area contributed by atoms with Gasteiger partial charge >= 0.3 is 0 Å². The summed E-state index contributed by atoms with van der Waals surface area (Å²) in [6, 6.07) is 0. The molecule has 3 nitrogen and oxygen atoms in total. The minimum atomic E-state index is -0.866. The first kappa shape index (κ1) is 7.62. The highest BCUT2D eigenvalue weighted by atomic mass is 16.5. The summed E-state index contributed by atoms with van der Waals surface area (Å²) in [4.78, 5) is 0. The molecule has 0 bridgehead atoms. The monoisotopic (exact) mass is 117 g/mol. The minimum Gasteiger partial charge on any atom is -0.376 e. The standard InChI is InChI=1S/C5H11NO2/c1-2-3-8-4-5(6)7/h2,5,7H,1,3-4,6H2. The molecular weight excluding hydrogens is 106 g/mol. The highest BCUT2D eigenvalue weighted by Gasteiger charge is 1.90. The molecule has 0 spiro atoms. The Morgan fingerprint density at radius 3 is 2.88 bits per heavy atom. The first-order chi connectivity index (χ1) is 3.77. The average Bonchev–Trinajstić information content (AvgIpc) is 1.66. The second-order valence-corrected chi connectivity index (χ2v) is 1.39. The molecule has 0 aliphatic carbocycles. The maximum absolute atomic E-state index is 8.40. The number of ether oxygens (including phenoxy) is 1. The van der Waals surface area contributed by atoms with Gasteiger partial charge < -0.3 is 15.6 Å². The molecule has 8 heavy (non-hydrogen) atoms. The van der Waals surface area contributed by atoms with Crippen molar-refractivity contribution < 1.29 is 9.84 Å². The molecular formula is C5H11NO2. The van der Waals surface area contributed by atoms with Crippen molar-refractivity contribution >= 4 is 0 Å². The van der Waals surface area contributed by atoms with Crippen LogP contribution in [0.5, 0.6) is 0 Å². The highest BCUT2D eigenvalue weighted by Crippen LogP contribution is 1.75. The fraction of sp³-hybridized carbons (Fsp3) is 0.600. The molecule has 0 saturated carbocycles. The number of hydrogen-bond acceptors (Lipinski definition) is 3. The van der Waals surface area contributed by atoms with Crippen LogP contribution in [0.4, 0.5) is 0 Å². The summed E-state index contributed by atoms with van der Waals surface area (Å²) in [5.41, 5.74) is 4.93. The van der Waals surface area contributed by atoms with Crippen molar-refractivity contribution in [1.82, 2.24) is 0 Å². The lowest BCUT2D eigenvalue weighted by molar-refractivity contribution is 0.0532. The number of nitrogens with two attached hydrogens (primary N) is 1. The van der Waals surface area contributed by atoms with Crippen LogP contribution in [0.25, 0.3) is 0 Å². The molecule has 0 saturated heterocycles. The normalized spacial score (nSPS) is 13.2. The van der Waals surface area contributed by atoms with Crippen molar-refractivity contribution in [3.05, 3.63) is 12.7 Å². The molecule has 0 aliphatic rings. The fourth-order valence-corrected chi connectivity index (χ4v) is 0.272. The Balaban J connectivity index is 2.81. The zero-order chi connectivity index (χ0) is 6.41. The van der Waals surface area contributed by atoms with Gasteiger partial charge in [-0.2, -0.15) is 0 Å². The van der Waals surface area contributed by atoms with Crippen molar-refractivity contribution in [3.63, 3.8) is 0 Å². The SMILES string of the molecule is C=CCOCC(N)O. The second-order valence-electron chi connectivity index (χ2n) is 1.39. The number of rotatable bonds is 4. The predicted molar refractivity (Wildman–Crippen MR) is 31.2 cm³/mol. The van der Waals surface area contributed by atoms with Gasteiger partial charge in [-0.3, -0.25) is 0 Å². The summed E-state index contributed by atoms with van der Waals surface area (Å²) in [6.45, 7) is 4.02. The van der Waals surface area contributed by atoms with Crippen LogP contribution >= 0.6 is 0 Å². The average molecular weight is 117 g/mol. The summed E-state index contributed by atoms with van der Waals surface area (Å²) in [7, 11) is 0. The Bertz CT molecular complexity index is 63.4. The Morgan fingerprint density at radius 2 is 2.50 bits per heavy atom. The molecule has 0 radical (unpaired) electrons. The van der Waals surface area contributed by atoms with Crippen molar-refractivity contribution in [2.75, 3.05) is 13.2 Å². The Morgan fingerprint density at radius 1 is 1.88 bits per heavy atom. The van der Waals surface area contributed by atoms with Crippen LogP contribution in [0.2, 0.25) is 0 Å². The molecule has 0 heterocycles. The van der Waals surface area contributed by atoms with Crippen LogP contribution in [0.3, 0.4) is 0 Å². The van der Waals surface area contributed by atoms with Gasteiger partial charge in [0.15, 0.2) is 0 Å². The fourth-order valence-electron chi connectivity index (χ4n) is 0.272. The lowest BCUT2D eigenvalue weighted by Gasteiger charge is -2.01. The van der Waals surface area contributed by atoms with Gasteiger partial charge in [-0.25, -0.2) is 0 Å². The number of hydrogen-bond donors (Lipinski definition) is 2. The van der Waals surface area contributed by atoms with E-state index in [9.17, 15) is 0 Å². The van der Waals surface area contributed by atoms with Crippen molar-refractivity contribution in [3.8, 4) is 0 Å². The largest absolute Gasteiger partial charge is 0.376 e. The summed E-state index contributed by atoms with van der Waals surface area (Å²) >= 11 is 0. The van der Waals surface area contributed by atoms with Crippen molar-refractivity contribution in [1.29, 1.82) is 0 Å². The van der Waals surface area contributed by atoms with E-state index in [1.807, 2.05) is 0 Å². The Labute approximate surface area is 48.8 Å². The molecule has 3 N–H and O–H groups in total. The molecule has 0 rings (SSSR count). The van der Waals surface area contributed by atoms with Gasteiger partial charge in [0, 0.05) is 0 Å². The van der Waals surface area contributed by atoms with E-state index < -0.39 is 6.23 Å². The van der Waals surface area contributed by atoms with Gasteiger partial charge in [0.25, 0.3) is 0 Å². The van der Waals surface area contributed by atoms with Gasteiger partial charge in [0.1, 0.15) is 6.23 Å². The maximum atomic E-state index is 8.40. The number of aliphatic hydroxyl groups excluding tert-OH is 1. The summed E-state index contributed by atoms with van der Waals surface area (Å²) in [5.74, 6) is 0. The van der Waals surface area contributed by atoms with E-state index in [1.54, 1.807) is 6.08 Å². The molecule has 0 amide bonds. The van der Waals surface area contributed by atoms with Crippen LogP contribution in [-0.2, 0) is 4.74 Å². The third-order valence-corrected chi connectivity index (χ3v) is 0.524. The zero-order valence-corrected chi connectivity index (χ0v) is 4.71. The molecule has 48 valence electrons. The molecule has 0 aromatic rings. The van der Waals surface area contributed by atoms with Gasteiger partial charge in [-0.15, -0.1) is 6.58 Å². The molecule has 0 fully saturated rings. The van der Waals surface area contributed by atoms with E-state index in [-0.39, 0.29) is 6.61 Å². The number of aliphatic hydroxyl groups is 1. The van der Waals surface area contributed by atoms with Crippen LogP contribution < -0.4 is 5.73 Å². The zero-order valence-electron chi connectivity index (χ0n) is 4.71. The lowest BCUT2D eigenvalue weighted by Crippen LogP contribution is -2.25. The molecule has 1 unspecified atom stereocenters. The first-order valence-corrected chi connectivity index (χ1v) is 2.39. The summed E-state index contributed by atoms with van der Waals surface area (Å²) < 4.78 is 4.75. The Kier molecular flexibility index (Phi) is 4.54. The van der Waals surface area contributed by atoms with Gasteiger partial charge in [-0.05, 0) is 0 Å².